The molecule has 160 valence electrons. The monoisotopic (exact) mass is 420 g/mol. The Balaban J connectivity index is 1.56. The molecule has 1 aliphatic heterocycles. The van der Waals surface area contributed by atoms with Gasteiger partial charge >= 0.3 is 0 Å². The van der Waals surface area contributed by atoms with E-state index in [2.05, 4.69) is 20.2 Å². The second-order valence-electron chi connectivity index (χ2n) is 7.79. The van der Waals surface area contributed by atoms with E-state index in [0.29, 0.717) is 18.1 Å². The van der Waals surface area contributed by atoms with Gasteiger partial charge in [0, 0.05) is 25.6 Å². The Morgan fingerprint density at radius 2 is 1.81 bits per heavy atom. The van der Waals surface area contributed by atoms with E-state index in [0.717, 1.165) is 37.1 Å². The Kier molecular flexibility index (Phi) is 6.40. The number of nitrogens with zero attached hydrogens (tertiary/aromatic N) is 2. The minimum absolute atomic E-state index is 0.148. The largest absolute Gasteiger partial charge is 0.349 e. The third-order valence-corrected chi connectivity index (χ3v) is 5.42. The number of nitrogens with one attached hydrogen (secondary N) is 2. The lowest BCUT2D eigenvalue weighted by atomic mass is 10.0. The number of anilines is 1. The van der Waals surface area contributed by atoms with Crippen molar-refractivity contribution in [3.63, 3.8) is 0 Å². The van der Waals surface area contributed by atoms with Gasteiger partial charge in [-0.15, -0.1) is 0 Å². The molecule has 1 aromatic heterocycles. The molecule has 0 spiro atoms. The van der Waals surface area contributed by atoms with E-state index in [-0.39, 0.29) is 23.7 Å². The lowest BCUT2D eigenvalue weighted by Gasteiger charge is -2.21. The first-order valence-electron chi connectivity index (χ1n) is 10.5. The molecule has 3 aromatic rings. The summed E-state index contributed by atoms with van der Waals surface area (Å²) in [6.07, 6.45) is 2.71. The Morgan fingerprint density at radius 3 is 2.52 bits per heavy atom. The van der Waals surface area contributed by atoms with Crippen LogP contribution in [-0.2, 0) is 17.6 Å². The Hall–Kier alpha value is -3.48. The van der Waals surface area contributed by atoms with Crippen LogP contribution in [0.3, 0.4) is 0 Å². The van der Waals surface area contributed by atoms with Crippen LogP contribution in [0.5, 0.6) is 0 Å². The van der Waals surface area contributed by atoms with Gasteiger partial charge in [-0.05, 0) is 36.1 Å². The Bertz CT molecular complexity index is 1080. The minimum atomic E-state index is -0.433. The maximum atomic E-state index is 13.5. The molecule has 1 saturated heterocycles. The van der Waals surface area contributed by atoms with Crippen LogP contribution >= 0.6 is 0 Å². The summed E-state index contributed by atoms with van der Waals surface area (Å²) in [5.74, 6) is 0.0716. The summed E-state index contributed by atoms with van der Waals surface area (Å²) >= 11 is 0. The maximum absolute atomic E-state index is 13.5. The number of aromatic amines is 1. The number of H-pyrrole nitrogens is 1. The summed E-state index contributed by atoms with van der Waals surface area (Å²) < 4.78 is 13.5. The molecule has 2 N–H and O–H groups in total. The van der Waals surface area contributed by atoms with E-state index < -0.39 is 6.04 Å². The number of amides is 1. The molecule has 6 nitrogen and oxygen atoms in total. The minimum Gasteiger partial charge on any atom is -0.349 e. The molecule has 0 bridgehead atoms. The zero-order chi connectivity index (χ0) is 21.6. The van der Waals surface area contributed by atoms with Crippen LogP contribution < -0.4 is 15.8 Å². The highest BCUT2D eigenvalue weighted by Crippen LogP contribution is 2.20. The van der Waals surface area contributed by atoms with Crippen molar-refractivity contribution < 1.29 is 9.18 Å². The molecule has 0 unspecified atom stereocenters. The lowest BCUT2D eigenvalue weighted by Crippen LogP contribution is -2.32. The number of halogens is 1. The zero-order valence-corrected chi connectivity index (χ0v) is 17.2. The number of hydrogen-bond acceptors (Lipinski definition) is 4. The molecule has 31 heavy (non-hydrogen) atoms. The molecule has 2 aromatic carbocycles. The summed E-state index contributed by atoms with van der Waals surface area (Å²) in [6.45, 7) is 1.73. The Morgan fingerprint density at radius 1 is 1.10 bits per heavy atom. The van der Waals surface area contributed by atoms with Crippen LogP contribution in [0.2, 0.25) is 0 Å². The van der Waals surface area contributed by atoms with Crippen molar-refractivity contribution in [3.8, 4) is 0 Å². The van der Waals surface area contributed by atoms with Gasteiger partial charge < -0.3 is 10.2 Å². The molecule has 1 amide bonds. The van der Waals surface area contributed by atoms with Crippen molar-refractivity contribution in [1.29, 1.82) is 0 Å². The summed E-state index contributed by atoms with van der Waals surface area (Å²) in [6, 6.07) is 16.5. The number of rotatable bonds is 7. The van der Waals surface area contributed by atoms with Crippen LogP contribution in [0.4, 0.5) is 10.3 Å². The first-order valence-corrected chi connectivity index (χ1v) is 10.5. The fourth-order valence-corrected chi connectivity index (χ4v) is 3.86. The number of carbonyl (C=O) groups is 1. The van der Waals surface area contributed by atoms with E-state index in [1.807, 2.05) is 30.3 Å². The molecule has 0 saturated carbocycles. The molecule has 0 aliphatic carbocycles. The van der Waals surface area contributed by atoms with Gasteiger partial charge in [0.25, 0.3) is 5.56 Å². The summed E-state index contributed by atoms with van der Waals surface area (Å²) in [5, 5.41) is 3.03. The van der Waals surface area contributed by atoms with Crippen molar-refractivity contribution >= 4 is 11.9 Å². The number of carbonyl (C=O) groups excluding carboxylic acids is 1. The molecular formula is C24H25FN4O2. The van der Waals surface area contributed by atoms with Gasteiger partial charge in [-0.2, -0.15) is 0 Å². The van der Waals surface area contributed by atoms with E-state index >= 15 is 0 Å². The fourth-order valence-electron chi connectivity index (χ4n) is 3.86. The van der Waals surface area contributed by atoms with Gasteiger partial charge in [-0.3, -0.25) is 14.6 Å². The molecular weight excluding hydrogens is 395 g/mol. The molecule has 1 fully saturated rings. The van der Waals surface area contributed by atoms with E-state index in [9.17, 15) is 14.0 Å². The average molecular weight is 420 g/mol. The topological polar surface area (TPSA) is 78.1 Å². The smallest absolute Gasteiger partial charge is 0.252 e. The van der Waals surface area contributed by atoms with E-state index in [4.69, 9.17) is 0 Å². The highest BCUT2D eigenvalue weighted by Gasteiger charge is 2.20. The van der Waals surface area contributed by atoms with Gasteiger partial charge in [-0.25, -0.2) is 9.37 Å². The number of benzene rings is 2. The second kappa shape index (κ2) is 9.55. The van der Waals surface area contributed by atoms with Gasteiger partial charge in [0.05, 0.1) is 18.2 Å². The SMILES string of the molecule is O=C(Cc1ccccc1)N[C@H](Cc1cc(=O)[nH]c(N2CCCC2)n1)c1ccc(F)cc1. The normalized spacial score (nSPS) is 14.4. The second-order valence-corrected chi connectivity index (χ2v) is 7.79. The van der Waals surface area contributed by atoms with Gasteiger partial charge in [0.2, 0.25) is 11.9 Å². The molecule has 0 radical (unpaired) electrons. The number of hydrogen-bond donors (Lipinski definition) is 2. The predicted molar refractivity (Wildman–Crippen MR) is 117 cm³/mol. The zero-order valence-electron chi connectivity index (χ0n) is 17.2. The van der Waals surface area contributed by atoms with Crippen molar-refractivity contribution in [1.82, 2.24) is 15.3 Å². The first kappa shape index (κ1) is 20.8. The molecule has 7 heteroatoms. The summed E-state index contributed by atoms with van der Waals surface area (Å²) in [5.41, 5.74) is 2.02. The van der Waals surface area contributed by atoms with Crippen molar-refractivity contribution in [2.24, 2.45) is 0 Å². The highest BCUT2D eigenvalue weighted by molar-refractivity contribution is 5.79. The van der Waals surface area contributed by atoms with Gasteiger partial charge in [-0.1, -0.05) is 42.5 Å². The van der Waals surface area contributed by atoms with Crippen LogP contribution in [-0.4, -0.2) is 29.0 Å². The molecule has 1 aliphatic rings. The predicted octanol–water partition coefficient (Wildman–Crippen LogP) is 3.15. The van der Waals surface area contributed by atoms with Crippen LogP contribution in [0.25, 0.3) is 0 Å². The summed E-state index contributed by atoms with van der Waals surface area (Å²) in [4.78, 5) is 34.5. The van der Waals surface area contributed by atoms with Crippen LogP contribution in [0, 0.1) is 5.82 Å². The Labute approximate surface area is 180 Å². The van der Waals surface area contributed by atoms with Crippen LogP contribution in [0.1, 0.15) is 35.7 Å². The number of aromatic nitrogens is 2. The first-order chi connectivity index (χ1) is 15.1. The molecule has 4 rings (SSSR count). The van der Waals surface area contributed by atoms with Crippen LogP contribution in [0.15, 0.2) is 65.5 Å². The highest BCUT2D eigenvalue weighted by atomic mass is 19.1. The average Bonchev–Trinajstić information content (AvgIpc) is 3.29. The van der Waals surface area contributed by atoms with Crippen molar-refractivity contribution in [2.75, 3.05) is 18.0 Å². The standard InChI is InChI=1S/C24H25FN4O2/c25-19-10-8-18(9-11-19)21(27-22(30)14-17-6-2-1-3-7-17)15-20-16-23(31)28-24(26-20)29-12-4-5-13-29/h1-3,6-11,16,21H,4-5,12-15H2,(H,27,30)(H,26,28,31)/t21-/m1/s1. The summed E-state index contributed by atoms with van der Waals surface area (Å²) in [7, 11) is 0. The van der Waals surface area contributed by atoms with Crippen molar-refractivity contribution in [3.05, 3.63) is 93.7 Å². The lowest BCUT2D eigenvalue weighted by molar-refractivity contribution is -0.121. The molecule has 1 atom stereocenters. The van der Waals surface area contributed by atoms with Gasteiger partial charge in [0.15, 0.2) is 0 Å². The van der Waals surface area contributed by atoms with E-state index in [1.54, 1.807) is 12.1 Å². The third kappa shape index (κ3) is 5.57. The quantitative estimate of drug-likeness (QED) is 0.616. The fraction of sp³-hybridized carbons (Fsp3) is 0.292. The molecule has 2 heterocycles. The van der Waals surface area contributed by atoms with Gasteiger partial charge in [0.1, 0.15) is 5.82 Å². The third-order valence-electron chi connectivity index (χ3n) is 5.42. The van der Waals surface area contributed by atoms with Crippen molar-refractivity contribution in [2.45, 2.75) is 31.7 Å². The maximum Gasteiger partial charge on any atom is 0.252 e. The van der Waals surface area contributed by atoms with E-state index in [1.165, 1.54) is 18.2 Å².